The van der Waals surface area contributed by atoms with E-state index >= 15 is 0 Å². The smallest absolute Gasteiger partial charge is 0.247 e. The van der Waals surface area contributed by atoms with Crippen molar-refractivity contribution in [3.8, 4) is 5.75 Å². The second-order valence-electron chi connectivity index (χ2n) is 7.09. The Morgan fingerprint density at radius 1 is 1.00 bits per heavy atom. The molecule has 0 amide bonds. The largest absolute Gasteiger partial charge is 0.487 e. The lowest BCUT2D eigenvalue weighted by Crippen LogP contribution is -2.46. The van der Waals surface area contributed by atoms with E-state index in [0.717, 1.165) is 31.5 Å². The number of benzene rings is 2. The summed E-state index contributed by atoms with van der Waals surface area (Å²) in [5, 5.41) is 0. The predicted octanol–water partition coefficient (Wildman–Crippen LogP) is 2.73. The Labute approximate surface area is 155 Å². The minimum absolute atomic E-state index is 0.137. The van der Waals surface area contributed by atoms with E-state index in [9.17, 15) is 8.42 Å². The summed E-state index contributed by atoms with van der Waals surface area (Å²) in [6.07, 6.45) is 1.44. The van der Waals surface area contributed by atoms with Crippen molar-refractivity contribution in [2.45, 2.75) is 36.4 Å². The Bertz CT molecular complexity index is 870. The topological polar surface area (TPSA) is 49.9 Å². The second kappa shape index (κ2) is 7.02. The van der Waals surface area contributed by atoms with E-state index in [1.807, 2.05) is 36.4 Å². The van der Waals surface area contributed by atoms with Crippen LogP contribution in [0, 0.1) is 0 Å². The first-order chi connectivity index (χ1) is 12.6. The second-order valence-corrected chi connectivity index (χ2v) is 8.95. The molecule has 1 fully saturated rings. The molecule has 1 saturated heterocycles. The molecular formula is C20H24N2O3S. The normalized spacial score (nSPS) is 26.0. The van der Waals surface area contributed by atoms with Gasteiger partial charge >= 0.3 is 0 Å². The molecule has 138 valence electrons. The van der Waals surface area contributed by atoms with Crippen molar-refractivity contribution in [2.24, 2.45) is 0 Å². The molecule has 0 unspecified atom stereocenters. The molecule has 2 aromatic rings. The Hall–Kier alpha value is -1.89. The van der Waals surface area contributed by atoms with Gasteiger partial charge in [0.2, 0.25) is 10.0 Å². The van der Waals surface area contributed by atoms with Crippen molar-refractivity contribution in [1.29, 1.82) is 0 Å². The monoisotopic (exact) mass is 372 g/mol. The van der Waals surface area contributed by atoms with Gasteiger partial charge in [-0.25, -0.2) is 8.42 Å². The Balaban J connectivity index is 1.80. The lowest BCUT2D eigenvalue weighted by atomic mass is 10.1. The summed E-state index contributed by atoms with van der Waals surface area (Å²) in [5.41, 5.74) is 0.992. The van der Waals surface area contributed by atoms with Crippen LogP contribution >= 0.6 is 0 Å². The number of para-hydroxylation sites is 1. The van der Waals surface area contributed by atoms with E-state index in [1.165, 1.54) is 0 Å². The van der Waals surface area contributed by atoms with Gasteiger partial charge in [0.25, 0.3) is 0 Å². The first-order valence-corrected chi connectivity index (χ1v) is 10.5. The summed E-state index contributed by atoms with van der Waals surface area (Å²) in [7, 11) is -1.55. The highest BCUT2D eigenvalue weighted by Crippen LogP contribution is 2.37. The van der Waals surface area contributed by atoms with E-state index in [2.05, 4.69) is 11.9 Å². The van der Waals surface area contributed by atoms with Gasteiger partial charge < -0.3 is 9.64 Å². The fraction of sp³-hybridized carbons (Fsp3) is 0.400. The maximum atomic E-state index is 13.5. The highest BCUT2D eigenvalue weighted by Gasteiger charge is 2.42. The summed E-state index contributed by atoms with van der Waals surface area (Å²) < 4.78 is 34.9. The molecule has 0 spiro atoms. The number of hydrogen-bond donors (Lipinski definition) is 0. The molecule has 4 rings (SSSR count). The molecular weight excluding hydrogens is 348 g/mol. The van der Waals surface area contributed by atoms with Crippen LogP contribution < -0.4 is 4.74 Å². The van der Waals surface area contributed by atoms with Crippen LogP contribution in [0.15, 0.2) is 59.5 Å². The van der Waals surface area contributed by atoms with Crippen LogP contribution in [0.3, 0.4) is 0 Å². The van der Waals surface area contributed by atoms with Gasteiger partial charge in [0.15, 0.2) is 0 Å². The lowest BCUT2D eigenvalue weighted by molar-refractivity contribution is 0.110. The SMILES string of the molecule is CN1CC[C@@H]2Oc3ccccc3S(=O)(=O)N(Cc3ccccc3)[C@H]2CC1. The number of nitrogens with zero attached hydrogens (tertiary/aromatic N) is 2. The standard InChI is InChI=1S/C20H24N2O3S/c1-21-13-11-17-18(12-14-21)25-19-9-5-6-10-20(19)26(23,24)22(17)15-16-7-3-2-4-8-16/h2-10,17-18H,11-15H2,1H3/t17-,18-/m0/s1. The Kier molecular flexibility index (Phi) is 4.73. The number of fused-ring (bicyclic) bond motifs is 2. The third kappa shape index (κ3) is 3.24. The lowest BCUT2D eigenvalue weighted by Gasteiger charge is -2.31. The van der Waals surface area contributed by atoms with Crippen molar-refractivity contribution in [3.05, 3.63) is 60.2 Å². The van der Waals surface area contributed by atoms with Gasteiger partial charge in [0, 0.05) is 13.1 Å². The fourth-order valence-electron chi connectivity index (χ4n) is 3.85. The molecule has 2 atom stereocenters. The van der Waals surface area contributed by atoms with Crippen molar-refractivity contribution in [2.75, 3.05) is 20.1 Å². The summed E-state index contributed by atoms with van der Waals surface area (Å²) in [5.74, 6) is 0.475. The number of sulfonamides is 1. The number of rotatable bonds is 2. The molecule has 26 heavy (non-hydrogen) atoms. The average molecular weight is 372 g/mol. The van der Waals surface area contributed by atoms with Crippen LogP contribution in [-0.4, -0.2) is 49.9 Å². The summed E-state index contributed by atoms with van der Waals surface area (Å²) in [6, 6.07) is 16.6. The zero-order valence-electron chi connectivity index (χ0n) is 14.9. The molecule has 6 heteroatoms. The minimum atomic E-state index is -3.63. The molecule has 0 bridgehead atoms. The average Bonchev–Trinajstić information content (AvgIpc) is 2.87. The molecule has 2 aliphatic heterocycles. The van der Waals surface area contributed by atoms with Crippen LogP contribution in [-0.2, 0) is 16.6 Å². The van der Waals surface area contributed by atoms with Crippen LogP contribution in [0.25, 0.3) is 0 Å². The zero-order chi connectivity index (χ0) is 18.1. The van der Waals surface area contributed by atoms with Crippen LogP contribution in [0.4, 0.5) is 0 Å². The Morgan fingerprint density at radius 3 is 2.50 bits per heavy atom. The van der Waals surface area contributed by atoms with Gasteiger partial charge in [-0.3, -0.25) is 0 Å². The summed E-state index contributed by atoms with van der Waals surface area (Å²) >= 11 is 0. The van der Waals surface area contributed by atoms with Gasteiger partial charge in [-0.05, 0) is 44.1 Å². The molecule has 2 aliphatic rings. The molecule has 0 saturated carbocycles. The van der Waals surface area contributed by atoms with Gasteiger partial charge in [0.1, 0.15) is 16.7 Å². The van der Waals surface area contributed by atoms with Gasteiger partial charge in [-0.2, -0.15) is 4.31 Å². The van der Waals surface area contributed by atoms with Crippen LogP contribution in [0.2, 0.25) is 0 Å². The van der Waals surface area contributed by atoms with Crippen molar-refractivity contribution < 1.29 is 13.2 Å². The zero-order valence-corrected chi connectivity index (χ0v) is 15.7. The predicted molar refractivity (Wildman–Crippen MR) is 101 cm³/mol. The number of ether oxygens (including phenoxy) is 1. The molecule has 0 N–H and O–H groups in total. The van der Waals surface area contributed by atoms with E-state index < -0.39 is 10.0 Å². The molecule has 2 heterocycles. The first-order valence-electron chi connectivity index (χ1n) is 9.06. The van der Waals surface area contributed by atoms with E-state index in [0.29, 0.717) is 12.3 Å². The summed E-state index contributed by atoms with van der Waals surface area (Å²) in [4.78, 5) is 2.52. The van der Waals surface area contributed by atoms with Gasteiger partial charge in [0.05, 0.1) is 6.04 Å². The molecule has 0 aliphatic carbocycles. The van der Waals surface area contributed by atoms with E-state index in [4.69, 9.17) is 4.74 Å². The third-order valence-electron chi connectivity index (χ3n) is 5.30. The van der Waals surface area contributed by atoms with Crippen molar-refractivity contribution in [1.82, 2.24) is 9.21 Å². The summed E-state index contributed by atoms with van der Waals surface area (Å²) in [6.45, 7) is 2.13. The quantitative estimate of drug-likeness (QED) is 0.813. The number of hydrogen-bond acceptors (Lipinski definition) is 4. The molecule has 5 nitrogen and oxygen atoms in total. The minimum Gasteiger partial charge on any atom is -0.487 e. The maximum Gasteiger partial charge on any atom is 0.247 e. The molecule has 0 aromatic heterocycles. The van der Waals surface area contributed by atoms with Crippen LogP contribution in [0.5, 0.6) is 5.75 Å². The highest BCUT2D eigenvalue weighted by molar-refractivity contribution is 7.89. The Morgan fingerprint density at radius 2 is 1.69 bits per heavy atom. The highest BCUT2D eigenvalue weighted by atomic mass is 32.2. The van der Waals surface area contributed by atoms with Crippen molar-refractivity contribution in [3.63, 3.8) is 0 Å². The van der Waals surface area contributed by atoms with E-state index in [-0.39, 0.29) is 17.0 Å². The molecule has 2 aromatic carbocycles. The van der Waals surface area contributed by atoms with E-state index in [1.54, 1.807) is 22.5 Å². The van der Waals surface area contributed by atoms with Crippen LogP contribution in [0.1, 0.15) is 18.4 Å². The maximum absolute atomic E-state index is 13.5. The van der Waals surface area contributed by atoms with Gasteiger partial charge in [-0.15, -0.1) is 0 Å². The fourth-order valence-corrected chi connectivity index (χ4v) is 5.64. The van der Waals surface area contributed by atoms with Gasteiger partial charge in [-0.1, -0.05) is 42.5 Å². The third-order valence-corrected chi connectivity index (χ3v) is 7.21. The molecule has 0 radical (unpaired) electrons. The number of likely N-dealkylation sites (tertiary alicyclic amines) is 1. The first kappa shape index (κ1) is 17.5. The van der Waals surface area contributed by atoms with Crippen molar-refractivity contribution >= 4 is 10.0 Å².